The molecule has 12 nitrogen and oxygen atoms in total. The zero-order valence-corrected chi connectivity index (χ0v) is 22.4. The van der Waals surface area contributed by atoms with Crippen LogP contribution in [0.2, 0.25) is 4.34 Å². The van der Waals surface area contributed by atoms with Crippen LogP contribution in [0.4, 0.5) is 5.82 Å². The van der Waals surface area contributed by atoms with Crippen molar-refractivity contribution in [3.05, 3.63) is 109 Å². The lowest BCUT2D eigenvalue weighted by Crippen LogP contribution is -2.23. The van der Waals surface area contributed by atoms with Crippen LogP contribution in [0.25, 0.3) is 11.3 Å². The van der Waals surface area contributed by atoms with Gasteiger partial charge in [-0.25, -0.2) is 0 Å². The molecule has 1 aromatic carbocycles. The van der Waals surface area contributed by atoms with Gasteiger partial charge in [-0.2, -0.15) is 20.3 Å². The number of hydrogen-bond donors (Lipinski definition) is 2. The van der Waals surface area contributed by atoms with E-state index in [1.165, 1.54) is 58.6 Å². The molecule has 0 unspecified atom stereocenters. The Morgan fingerprint density at radius 2 is 1.83 bits per heavy atom. The third-order valence-corrected chi connectivity index (χ3v) is 7.24. The zero-order valence-electron chi connectivity index (χ0n) is 20.9. The second-order valence-electron chi connectivity index (χ2n) is 8.53. The first-order chi connectivity index (χ1) is 19.8. The Hall–Kier alpha value is -5.50. The fourth-order valence-corrected chi connectivity index (χ4v) is 5.07. The van der Waals surface area contributed by atoms with Crippen LogP contribution in [0.15, 0.2) is 70.2 Å². The van der Waals surface area contributed by atoms with Crippen molar-refractivity contribution < 1.29 is 14.1 Å². The summed E-state index contributed by atoms with van der Waals surface area (Å²) in [6.45, 7) is 0.191. The number of nitrogens with zero attached hydrogens (tertiary/aromatic N) is 6. The highest BCUT2D eigenvalue weighted by atomic mass is 35.5. The zero-order chi connectivity index (χ0) is 29.1. The molecular formula is C27H17ClN8O4S. The summed E-state index contributed by atoms with van der Waals surface area (Å²) in [6, 6.07) is 16.1. The van der Waals surface area contributed by atoms with Crippen molar-refractivity contribution in [2.75, 3.05) is 5.32 Å². The Balaban J connectivity index is 1.67. The van der Waals surface area contributed by atoms with Gasteiger partial charge in [-0.15, -0.1) is 11.3 Å². The predicted octanol–water partition coefficient (Wildman–Crippen LogP) is 3.61. The standard InChI is InChI=1S/C27H17ClN8O4S/c28-21-6-5-19(41-21)13-32-25-20(12-30)23(34-36(25)26(38)16-3-1-15(2-4-16)24(31)37)22-17(11-29)8-10-35(27(22)39)14-18-7-9-33-40-18/h1-10,32H,13-14H2,(H2,31,37). The van der Waals surface area contributed by atoms with Crippen LogP contribution in [-0.2, 0) is 13.1 Å². The van der Waals surface area contributed by atoms with Crippen molar-refractivity contribution in [2.45, 2.75) is 13.1 Å². The number of hydrogen-bond acceptors (Lipinski definition) is 10. The van der Waals surface area contributed by atoms with Crippen molar-refractivity contribution in [2.24, 2.45) is 5.73 Å². The minimum absolute atomic E-state index is 0.00456. The first kappa shape index (κ1) is 27.1. The molecule has 0 saturated carbocycles. The molecule has 5 aromatic rings. The predicted molar refractivity (Wildman–Crippen MR) is 148 cm³/mol. The summed E-state index contributed by atoms with van der Waals surface area (Å²) in [5, 5.41) is 31.1. The number of nitrogens with two attached hydrogens (primary N) is 1. The van der Waals surface area contributed by atoms with Crippen LogP contribution in [0.5, 0.6) is 0 Å². The van der Waals surface area contributed by atoms with Crippen LogP contribution in [0.3, 0.4) is 0 Å². The third kappa shape index (κ3) is 5.35. The van der Waals surface area contributed by atoms with E-state index in [4.69, 9.17) is 21.9 Å². The van der Waals surface area contributed by atoms with E-state index in [2.05, 4.69) is 15.6 Å². The molecular weight excluding hydrogens is 568 g/mol. The van der Waals surface area contributed by atoms with E-state index in [0.29, 0.717) is 10.1 Å². The highest BCUT2D eigenvalue weighted by Crippen LogP contribution is 2.31. The lowest BCUT2D eigenvalue weighted by Gasteiger charge is -2.09. The van der Waals surface area contributed by atoms with Gasteiger partial charge in [-0.3, -0.25) is 14.4 Å². The van der Waals surface area contributed by atoms with Gasteiger partial charge in [-0.1, -0.05) is 16.8 Å². The molecule has 4 aromatic heterocycles. The van der Waals surface area contributed by atoms with E-state index in [9.17, 15) is 24.9 Å². The molecule has 41 heavy (non-hydrogen) atoms. The van der Waals surface area contributed by atoms with Crippen LogP contribution >= 0.6 is 22.9 Å². The Kier molecular flexibility index (Phi) is 7.47. The Morgan fingerprint density at radius 3 is 2.44 bits per heavy atom. The number of benzene rings is 1. The number of carbonyl (C=O) groups excluding carboxylic acids is 2. The maximum absolute atomic E-state index is 13.6. The molecule has 5 rings (SSSR count). The molecule has 0 saturated heterocycles. The van der Waals surface area contributed by atoms with Gasteiger partial charge in [0.25, 0.3) is 11.5 Å². The summed E-state index contributed by atoms with van der Waals surface area (Å²) in [6.07, 6.45) is 2.85. The summed E-state index contributed by atoms with van der Waals surface area (Å²) < 4.78 is 7.89. The normalized spacial score (nSPS) is 10.6. The summed E-state index contributed by atoms with van der Waals surface area (Å²) in [7, 11) is 0. The number of pyridine rings is 1. The fraction of sp³-hybridized carbons (Fsp3) is 0.0741. The number of thiophene rings is 1. The van der Waals surface area contributed by atoms with Crippen LogP contribution in [0, 0.1) is 22.7 Å². The third-order valence-electron chi connectivity index (χ3n) is 6.00. The largest absolute Gasteiger partial charge is 0.366 e. The Bertz CT molecular complexity index is 1930. The highest BCUT2D eigenvalue weighted by molar-refractivity contribution is 7.16. The van der Waals surface area contributed by atoms with Gasteiger partial charge in [0.1, 0.15) is 23.4 Å². The summed E-state index contributed by atoms with van der Waals surface area (Å²) >= 11 is 7.36. The Morgan fingerprint density at radius 1 is 1.07 bits per heavy atom. The fourth-order valence-electron chi connectivity index (χ4n) is 4.04. The van der Waals surface area contributed by atoms with Gasteiger partial charge in [0.15, 0.2) is 11.6 Å². The molecule has 4 heterocycles. The van der Waals surface area contributed by atoms with Gasteiger partial charge in [-0.05, 0) is 42.5 Å². The lowest BCUT2D eigenvalue weighted by molar-refractivity contribution is 0.0945. The molecule has 0 atom stereocenters. The van der Waals surface area contributed by atoms with Gasteiger partial charge in [0.2, 0.25) is 5.91 Å². The number of aromatic nitrogens is 4. The van der Waals surface area contributed by atoms with Crippen molar-refractivity contribution >= 4 is 40.6 Å². The number of carbonyl (C=O) groups is 2. The Labute approximate surface area is 240 Å². The molecule has 0 radical (unpaired) electrons. The molecule has 3 N–H and O–H groups in total. The number of rotatable bonds is 8. The first-order valence-electron chi connectivity index (χ1n) is 11.8. The van der Waals surface area contributed by atoms with Crippen LogP contribution in [0.1, 0.15) is 42.5 Å². The SMILES string of the molecule is N#Cc1ccn(Cc2ccno2)c(=O)c1-c1nn(C(=O)c2ccc(C(N)=O)cc2)c(NCc2ccc(Cl)s2)c1C#N. The summed E-state index contributed by atoms with van der Waals surface area (Å²) in [5.74, 6) is -0.930. The average molecular weight is 585 g/mol. The molecule has 202 valence electrons. The van der Waals surface area contributed by atoms with E-state index in [-0.39, 0.29) is 52.4 Å². The van der Waals surface area contributed by atoms with E-state index in [1.807, 2.05) is 12.1 Å². The maximum Gasteiger partial charge on any atom is 0.280 e. The highest BCUT2D eigenvalue weighted by Gasteiger charge is 2.28. The molecule has 0 aliphatic rings. The average Bonchev–Trinajstić information content (AvgIpc) is 3.72. The van der Waals surface area contributed by atoms with Gasteiger partial charge in [0.05, 0.1) is 34.7 Å². The van der Waals surface area contributed by atoms with Crippen molar-refractivity contribution in [1.29, 1.82) is 10.5 Å². The number of nitrogens with one attached hydrogen (secondary N) is 1. The van der Waals surface area contributed by atoms with Crippen LogP contribution in [-0.4, -0.2) is 31.3 Å². The molecule has 14 heteroatoms. The molecule has 0 spiro atoms. The smallest absolute Gasteiger partial charge is 0.280 e. The molecule has 1 amide bonds. The number of anilines is 1. The minimum Gasteiger partial charge on any atom is -0.366 e. The molecule has 0 bridgehead atoms. The second kappa shape index (κ2) is 11.3. The van der Waals surface area contributed by atoms with Gasteiger partial charge < -0.3 is 20.1 Å². The molecule has 0 aliphatic carbocycles. The number of halogens is 1. The number of nitriles is 2. The topological polar surface area (TPSA) is 186 Å². The number of amides is 1. The van der Waals surface area contributed by atoms with Gasteiger partial charge in [0, 0.05) is 28.3 Å². The van der Waals surface area contributed by atoms with Crippen molar-refractivity contribution in [3.8, 4) is 23.4 Å². The summed E-state index contributed by atoms with van der Waals surface area (Å²) in [5.41, 5.74) is 4.52. The van der Waals surface area contributed by atoms with E-state index in [0.717, 1.165) is 9.56 Å². The second-order valence-corrected chi connectivity index (χ2v) is 10.3. The number of primary amides is 1. The van der Waals surface area contributed by atoms with Crippen LogP contribution < -0.4 is 16.6 Å². The lowest BCUT2D eigenvalue weighted by atomic mass is 10.0. The van der Waals surface area contributed by atoms with Crippen molar-refractivity contribution in [3.63, 3.8) is 0 Å². The maximum atomic E-state index is 13.6. The molecule has 0 aliphatic heterocycles. The monoisotopic (exact) mass is 584 g/mol. The van der Waals surface area contributed by atoms with Crippen molar-refractivity contribution in [1.82, 2.24) is 19.5 Å². The van der Waals surface area contributed by atoms with E-state index < -0.39 is 17.4 Å². The van der Waals surface area contributed by atoms with E-state index in [1.54, 1.807) is 18.2 Å². The van der Waals surface area contributed by atoms with E-state index >= 15 is 0 Å². The molecule has 0 fully saturated rings. The first-order valence-corrected chi connectivity index (χ1v) is 13.0. The summed E-state index contributed by atoms with van der Waals surface area (Å²) in [4.78, 5) is 39.6. The quantitative estimate of drug-likeness (QED) is 0.275. The van der Waals surface area contributed by atoms with Gasteiger partial charge >= 0.3 is 0 Å². The minimum atomic E-state index is -0.663.